The van der Waals surface area contributed by atoms with Crippen molar-refractivity contribution in [3.63, 3.8) is 0 Å². The molecule has 0 aliphatic carbocycles. The van der Waals surface area contributed by atoms with Crippen LogP contribution in [0, 0.1) is 0 Å². The molecule has 8 nitrogen and oxygen atoms in total. The zero-order chi connectivity index (χ0) is 34.7. The molecule has 254 valence electrons. The maximum atomic E-state index is 13.9. The molecule has 0 spiro atoms. The average molecular weight is 685 g/mol. The fourth-order valence-corrected chi connectivity index (χ4v) is 7.01. The molecule has 1 aliphatic rings. The molecular weight excluding hydrogens is 645 g/mol. The van der Waals surface area contributed by atoms with Gasteiger partial charge in [0.15, 0.2) is 0 Å². The smallest absolute Gasteiger partial charge is 0.304 e. The highest BCUT2D eigenvalue weighted by Gasteiger charge is 2.21. The lowest BCUT2D eigenvalue weighted by Crippen LogP contribution is -2.29. The first-order valence-electron chi connectivity index (χ1n) is 16.9. The van der Waals surface area contributed by atoms with E-state index in [1.807, 2.05) is 91.0 Å². The number of nitrogens with zero attached hydrogens (tertiary/aromatic N) is 2. The third kappa shape index (κ3) is 8.98. The molecule has 3 N–H and O–H groups in total. The van der Waals surface area contributed by atoms with Crippen molar-refractivity contribution in [2.45, 2.75) is 37.5 Å². The number of hydrogen-bond acceptors (Lipinski definition) is 6. The third-order valence-electron chi connectivity index (χ3n) is 8.73. The van der Waals surface area contributed by atoms with Gasteiger partial charge >= 0.3 is 5.97 Å². The standard InChI is InChI=1S/C41H40N4O4S/c46-38(47)20-24-50-28-29-11-10-16-32(25-29)40(48)43-36-18-17-34(45-22-8-3-9-23-45)27-35(36)37-26-33(19-21-42-37)41(49)44-39(30-12-4-1-5-13-30)31-14-6-2-7-15-31/h1-2,4-7,10-19,21,25-27,39H,3,8-9,20,22-24,28H2,(H,43,48)(H,44,49)(H,46,47). The van der Waals surface area contributed by atoms with Crippen LogP contribution in [0.15, 0.2) is 121 Å². The van der Waals surface area contributed by atoms with Crippen LogP contribution >= 0.6 is 11.8 Å². The summed E-state index contributed by atoms with van der Waals surface area (Å²) in [5.41, 5.74) is 6.79. The molecule has 1 aromatic heterocycles. The minimum Gasteiger partial charge on any atom is -0.481 e. The van der Waals surface area contributed by atoms with Crippen molar-refractivity contribution in [3.05, 3.63) is 149 Å². The monoisotopic (exact) mass is 684 g/mol. The van der Waals surface area contributed by atoms with Crippen molar-refractivity contribution in [1.29, 1.82) is 0 Å². The lowest BCUT2D eigenvalue weighted by atomic mass is 9.98. The highest BCUT2D eigenvalue weighted by Crippen LogP contribution is 2.33. The van der Waals surface area contributed by atoms with Crippen LogP contribution in [0.1, 0.15) is 69.1 Å². The number of aliphatic carboxylic acids is 1. The number of rotatable bonds is 13. The quantitative estimate of drug-likeness (QED) is 0.107. The summed E-state index contributed by atoms with van der Waals surface area (Å²) in [6, 6.07) is 36.3. The van der Waals surface area contributed by atoms with E-state index in [0.29, 0.717) is 34.0 Å². The van der Waals surface area contributed by atoms with E-state index in [-0.39, 0.29) is 24.3 Å². The van der Waals surface area contributed by atoms with Gasteiger partial charge in [0.2, 0.25) is 0 Å². The summed E-state index contributed by atoms with van der Waals surface area (Å²) < 4.78 is 0. The number of amides is 2. The number of nitrogens with one attached hydrogen (secondary N) is 2. The molecule has 1 aliphatic heterocycles. The molecule has 5 aromatic rings. The Hall–Kier alpha value is -5.41. The Morgan fingerprint density at radius 3 is 2.16 bits per heavy atom. The minimum absolute atomic E-state index is 0.0958. The molecule has 0 unspecified atom stereocenters. The second-order valence-corrected chi connectivity index (χ2v) is 13.4. The number of anilines is 2. The highest BCUT2D eigenvalue weighted by molar-refractivity contribution is 7.98. The lowest BCUT2D eigenvalue weighted by Gasteiger charge is -2.29. The number of carbonyl (C=O) groups is 3. The molecule has 50 heavy (non-hydrogen) atoms. The average Bonchev–Trinajstić information content (AvgIpc) is 3.16. The predicted molar refractivity (Wildman–Crippen MR) is 201 cm³/mol. The maximum absolute atomic E-state index is 13.9. The minimum atomic E-state index is -0.822. The number of benzene rings is 4. The Morgan fingerprint density at radius 2 is 1.46 bits per heavy atom. The van der Waals surface area contributed by atoms with Gasteiger partial charge < -0.3 is 20.6 Å². The van der Waals surface area contributed by atoms with Crippen LogP contribution in [0.25, 0.3) is 11.3 Å². The molecule has 0 bridgehead atoms. The molecule has 9 heteroatoms. The summed E-state index contributed by atoms with van der Waals surface area (Å²) in [4.78, 5) is 45.4. The molecule has 4 aromatic carbocycles. The van der Waals surface area contributed by atoms with E-state index in [0.717, 1.165) is 53.9 Å². The fraction of sp³-hybridized carbons (Fsp3) is 0.220. The second-order valence-electron chi connectivity index (χ2n) is 12.3. The normalized spacial score (nSPS) is 12.8. The zero-order valence-electron chi connectivity index (χ0n) is 27.8. The molecule has 0 radical (unpaired) electrons. The number of carboxylic acids is 1. The molecule has 2 heterocycles. The van der Waals surface area contributed by atoms with Crippen molar-refractivity contribution in [1.82, 2.24) is 10.3 Å². The van der Waals surface area contributed by atoms with Crippen LogP contribution in [0.3, 0.4) is 0 Å². The van der Waals surface area contributed by atoms with E-state index in [4.69, 9.17) is 5.11 Å². The van der Waals surface area contributed by atoms with E-state index in [1.54, 1.807) is 24.4 Å². The van der Waals surface area contributed by atoms with Gasteiger partial charge in [-0.25, -0.2) is 0 Å². The molecule has 0 atom stereocenters. The van der Waals surface area contributed by atoms with Crippen LogP contribution in [0.5, 0.6) is 0 Å². The highest BCUT2D eigenvalue weighted by atomic mass is 32.2. The summed E-state index contributed by atoms with van der Waals surface area (Å²) in [5, 5.41) is 15.3. The first-order chi connectivity index (χ1) is 24.4. The van der Waals surface area contributed by atoms with E-state index in [1.165, 1.54) is 18.2 Å². The van der Waals surface area contributed by atoms with Gasteiger partial charge in [0.1, 0.15) is 0 Å². The second kappa shape index (κ2) is 16.8. The Bertz CT molecular complexity index is 1890. The van der Waals surface area contributed by atoms with E-state index in [2.05, 4.69) is 26.6 Å². The molecule has 2 amide bonds. The van der Waals surface area contributed by atoms with Crippen molar-refractivity contribution >= 4 is 40.9 Å². The van der Waals surface area contributed by atoms with Gasteiger partial charge in [-0.3, -0.25) is 19.4 Å². The number of hydrogen-bond donors (Lipinski definition) is 3. The maximum Gasteiger partial charge on any atom is 0.304 e. The number of aromatic nitrogens is 1. The van der Waals surface area contributed by atoms with Crippen LogP contribution in [0.4, 0.5) is 11.4 Å². The first kappa shape index (κ1) is 34.5. The number of pyridine rings is 1. The van der Waals surface area contributed by atoms with Crippen molar-refractivity contribution in [2.24, 2.45) is 0 Å². The first-order valence-corrected chi connectivity index (χ1v) is 18.1. The van der Waals surface area contributed by atoms with Gasteiger partial charge in [-0.15, -0.1) is 0 Å². The van der Waals surface area contributed by atoms with Crippen LogP contribution < -0.4 is 15.5 Å². The Balaban J connectivity index is 1.28. The number of piperidine rings is 1. The van der Waals surface area contributed by atoms with E-state index < -0.39 is 5.97 Å². The summed E-state index contributed by atoms with van der Waals surface area (Å²) in [7, 11) is 0. The molecule has 6 rings (SSSR count). The van der Waals surface area contributed by atoms with Gasteiger partial charge in [0.05, 0.1) is 23.8 Å². The largest absolute Gasteiger partial charge is 0.481 e. The van der Waals surface area contributed by atoms with Crippen molar-refractivity contribution in [3.8, 4) is 11.3 Å². The Morgan fingerprint density at radius 1 is 0.760 bits per heavy atom. The van der Waals surface area contributed by atoms with Gasteiger partial charge in [0.25, 0.3) is 11.8 Å². The molecular formula is C41H40N4O4S. The number of carbonyl (C=O) groups excluding carboxylic acids is 2. The number of thioether (sulfide) groups is 1. The van der Waals surface area contributed by atoms with Gasteiger partial charge in [-0.1, -0.05) is 72.8 Å². The summed E-state index contributed by atoms with van der Waals surface area (Å²) in [6.45, 7) is 1.91. The van der Waals surface area contributed by atoms with Crippen LogP contribution in [-0.4, -0.2) is 46.7 Å². The van der Waals surface area contributed by atoms with Crippen molar-refractivity contribution < 1.29 is 19.5 Å². The fourth-order valence-electron chi connectivity index (χ4n) is 6.13. The number of carboxylic acid groups (broad SMARTS) is 1. The molecule has 1 saturated heterocycles. The topological polar surface area (TPSA) is 112 Å². The van der Waals surface area contributed by atoms with Gasteiger partial charge in [-0.05, 0) is 78.4 Å². The summed E-state index contributed by atoms with van der Waals surface area (Å²) >= 11 is 1.52. The predicted octanol–water partition coefficient (Wildman–Crippen LogP) is 8.22. The van der Waals surface area contributed by atoms with Gasteiger partial charge in [-0.2, -0.15) is 11.8 Å². The zero-order valence-corrected chi connectivity index (χ0v) is 28.6. The van der Waals surface area contributed by atoms with Crippen LogP contribution in [-0.2, 0) is 10.5 Å². The summed E-state index contributed by atoms with van der Waals surface area (Å²) in [6.07, 6.45) is 5.18. The van der Waals surface area contributed by atoms with E-state index in [9.17, 15) is 14.4 Å². The molecule has 0 saturated carbocycles. The van der Waals surface area contributed by atoms with Crippen LogP contribution in [0.2, 0.25) is 0 Å². The van der Waals surface area contributed by atoms with E-state index >= 15 is 0 Å². The summed E-state index contributed by atoms with van der Waals surface area (Å²) in [5.74, 6) is -0.212. The lowest BCUT2D eigenvalue weighted by molar-refractivity contribution is -0.136. The molecule has 1 fully saturated rings. The Kier molecular flexibility index (Phi) is 11.6. The Labute approximate surface area is 297 Å². The third-order valence-corrected chi connectivity index (χ3v) is 9.76. The van der Waals surface area contributed by atoms with Crippen molar-refractivity contribution in [2.75, 3.05) is 29.1 Å². The van der Waals surface area contributed by atoms with Gasteiger partial charge in [0, 0.05) is 53.2 Å². The SMILES string of the molecule is O=C(O)CCSCc1cccc(C(=O)Nc2ccc(N3CCCCC3)cc2-c2cc(C(=O)NC(c3ccccc3)c3ccccc3)ccn2)c1.